The lowest BCUT2D eigenvalue weighted by molar-refractivity contribution is 0.434. The van der Waals surface area contributed by atoms with E-state index >= 15 is 0 Å². The molecule has 0 aliphatic rings. The monoisotopic (exact) mass is 311 g/mol. The molecule has 0 amide bonds. The third kappa shape index (κ3) is 5.53. The van der Waals surface area contributed by atoms with E-state index in [-0.39, 0.29) is 0 Å². The van der Waals surface area contributed by atoms with Crippen LogP contribution >= 0.6 is 15.9 Å². The van der Waals surface area contributed by atoms with Crippen molar-refractivity contribution in [2.45, 2.75) is 65.5 Å². The van der Waals surface area contributed by atoms with Crippen LogP contribution < -0.4 is 5.32 Å². The summed E-state index contributed by atoms with van der Waals surface area (Å²) in [5.74, 6) is 0. The van der Waals surface area contributed by atoms with Gasteiger partial charge >= 0.3 is 0 Å². The zero-order valence-electron chi connectivity index (χ0n) is 11.9. The molecule has 0 saturated carbocycles. The molecule has 0 aliphatic carbocycles. The van der Waals surface area contributed by atoms with Gasteiger partial charge in [-0.3, -0.25) is 0 Å². The number of rotatable bonds is 8. The van der Waals surface area contributed by atoms with Gasteiger partial charge in [-0.1, -0.05) is 61.2 Å². The van der Waals surface area contributed by atoms with Crippen molar-refractivity contribution in [2.75, 3.05) is 0 Å². The van der Waals surface area contributed by atoms with Crippen molar-refractivity contribution in [3.63, 3.8) is 0 Å². The maximum absolute atomic E-state index is 3.70. The molecule has 0 aliphatic heterocycles. The predicted octanol–water partition coefficient (Wildman–Crippen LogP) is 5.21. The van der Waals surface area contributed by atoms with Gasteiger partial charge in [0.2, 0.25) is 0 Å². The van der Waals surface area contributed by atoms with Gasteiger partial charge in [-0.25, -0.2) is 0 Å². The van der Waals surface area contributed by atoms with Crippen molar-refractivity contribution in [1.82, 2.24) is 5.32 Å². The van der Waals surface area contributed by atoms with Crippen LogP contribution in [0, 0.1) is 6.92 Å². The van der Waals surface area contributed by atoms with Gasteiger partial charge in [-0.2, -0.15) is 0 Å². The number of halogens is 1. The van der Waals surface area contributed by atoms with Gasteiger partial charge in [0.05, 0.1) is 0 Å². The zero-order valence-corrected chi connectivity index (χ0v) is 13.5. The molecule has 0 heterocycles. The second kappa shape index (κ2) is 8.71. The van der Waals surface area contributed by atoms with Crippen molar-refractivity contribution in [1.29, 1.82) is 0 Å². The highest BCUT2D eigenvalue weighted by Gasteiger charge is 2.06. The van der Waals surface area contributed by atoms with E-state index in [0.29, 0.717) is 6.04 Å². The number of benzene rings is 1. The molecule has 1 atom stereocenters. The van der Waals surface area contributed by atoms with Gasteiger partial charge in [0.1, 0.15) is 0 Å². The van der Waals surface area contributed by atoms with Crippen LogP contribution in [0.2, 0.25) is 0 Å². The largest absolute Gasteiger partial charge is 0.310 e. The minimum absolute atomic E-state index is 0.680. The smallest absolute Gasteiger partial charge is 0.0208 e. The molecule has 0 fully saturated rings. The molecule has 0 radical (unpaired) electrons. The standard InChI is InChI=1S/C16H26BrN/c1-4-6-8-15(7-5-2)18-12-14-9-10-16(17)13(3)11-14/h9-11,15,18H,4-8,12H2,1-3H3. The Bertz CT molecular complexity index is 349. The fourth-order valence-corrected chi connectivity index (χ4v) is 2.47. The number of unbranched alkanes of at least 4 members (excludes halogenated alkanes) is 1. The van der Waals surface area contributed by atoms with Crippen molar-refractivity contribution in [3.8, 4) is 0 Å². The van der Waals surface area contributed by atoms with Gasteiger partial charge < -0.3 is 5.32 Å². The molecule has 1 aromatic rings. The van der Waals surface area contributed by atoms with Crippen molar-refractivity contribution >= 4 is 15.9 Å². The van der Waals surface area contributed by atoms with Gasteiger partial charge in [-0.15, -0.1) is 0 Å². The highest BCUT2D eigenvalue weighted by molar-refractivity contribution is 9.10. The SMILES string of the molecule is CCCCC(CCC)NCc1ccc(Br)c(C)c1. The van der Waals surface area contributed by atoms with Crippen LogP contribution in [0.25, 0.3) is 0 Å². The average Bonchev–Trinajstić information content (AvgIpc) is 2.37. The first-order valence-corrected chi connectivity index (χ1v) is 7.95. The summed E-state index contributed by atoms with van der Waals surface area (Å²) in [6.45, 7) is 7.67. The quantitative estimate of drug-likeness (QED) is 0.695. The van der Waals surface area contributed by atoms with E-state index < -0.39 is 0 Å². The molecule has 0 aromatic heterocycles. The summed E-state index contributed by atoms with van der Waals surface area (Å²) in [5.41, 5.74) is 2.70. The minimum atomic E-state index is 0.680. The number of nitrogens with one attached hydrogen (secondary N) is 1. The fraction of sp³-hybridized carbons (Fsp3) is 0.625. The molecular weight excluding hydrogens is 286 g/mol. The van der Waals surface area contributed by atoms with Crippen LogP contribution in [0.5, 0.6) is 0 Å². The molecule has 2 heteroatoms. The van der Waals surface area contributed by atoms with Crippen LogP contribution in [0.15, 0.2) is 22.7 Å². The summed E-state index contributed by atoms with van der Waals surface area (Å²) in [6, 6.07) is 7.29. The average molecular weight is 312 g/mol. The topological polar surface area (TPSA) is 12.0 Å². The Morgan fingerprint density at radius 2 is 1.94 bits per heavy atom. The molecule has 18 heavy (non-hydrogen) atoms. The molecule has 1 aromatic carbocycles. The van der Waals surface area contributed by atoms with Gasteiger partial charge in [-0.05, 0) is 37.0 Å². The van der Waals surface area contributed by atoms with Crippen LogP contribution in [0.1, 0.15) is 57.1 Å². The third-order valence-corrected chi connectivity index (χ3v) is 4.25. The summed E-state index contributed by atoms with van der Waals surface area (Å²) in [5, 5.41) is 3.70. The summed E-state index contributed by atoms with van der Waals surface area (Å²) in [7, 11) is 0. The zero-order chi connectivity index (χ0) is 13.4. The second-order valence-corrected chi connectivity index (χ2v) is 5.95. The minimum Gasteiger partial charge on any atom is -0.310 e. The van der Waals surface area contributed by atoms with Gasteiger partial charge in [0.15, 0.2) is 0 Å². The molecule has 0 saturated heterocycles. The lowest BCUT2D eigenvalue weighted by Crippen LogP contribution is -2.28. The first-order valence-electron chi connectivity index (χ1n) is 7.15. The summed E-state index contributed by atoms with van der Waals surface area (Å²) < 4.78 is 1.20. The summed E-state index contributed by atoms with van der Waals surface area (Å²) in [6.07, 6.45) is 6.48. The highest BCUT2D eigenvalue weighted by Crippen LogP contribution is 2.17. The molecule has 102 valence electrons. The van der Waals surface area contributed by atoms with E-state index in [0.717, 1.165) is 6.54 Å². The summed E-state index contributed by atoms with van der Waals surface area (Å²) >= 11 is 3.55. The maximum atomic E-state index is 3.70. The maximum Gasteiger partial charge on any atom is 0.0208 e. The normalized spacial score (nSPS) is 12.7. The lowest BCUT2D eigenvalue weighted by Gasteiger charge is -2.18. The van der Waals surface area contributed by atoms with E-state index in [9.17, 15) is 0 Å². The van der Waals surface area contributed by atoms with Crippen LogP contribution in [0.4, 0.5) is 0 Å². The summed E-state index contributed by atoms with van der Waals surface area (Å²) in [4.78, 5) is 0. The molecule has 1 N–H and O–H groups in total. The fourth-order valence-electron chi connectivity index (χ4n) is 2.23. The number of hydrogen-bond donors (Lipinski definition) is 1. The van der Waals surface area contributed by atoms with E-state index in [4.69, 9.17) is 0 Å². The molecule has 1 unspecified atom stereocenters. The number of aryl methyl sites for hydroxylation is 1. The van der Waals surface area contributed by atoms with E-state index in [2.05, 4.69) is 60.2 Å². The Morgan fingerprint density at radius 1 is 1.17 bits per heavy atom. The Balaban J connectivity index is 2.47. The molecule has 0 spiro atoms. The Labute approximate surface area is 120 Å². The van der Waals surface area contributed by atoms with E-state index in [1.807, 2.05) is 0 Å². The highest BCUT2D eigenvalue weighted by atomic mass is 79.9. The van der Waals surface area contributed by atoms with Crippen molar-refractivity contribution < 1.29 is 0 Å². The van der Waals surface area contributed by atoms with E-state index in [1.165, 1.54) is 47.7 Å². The molecular formula is C16H26BrN. The van der Waals surface area contributed by atoms with E-state index in [1.54, 1.807) is 0 Å². The Kier molecular flexibility index (Phi) is 7.60. The Morgan fingerprint density at radius 3 is 2.56 bits per heavy atom. The Hall–Kier alpha value is -0.340. The molecule has 1 nitrogen and oxygen atoms in total. The van der Waals surface area contributed by atoms with Crippen LogP contribution in [-0.2, 0) is 6.54 Å². The first kappa shape index (κ1) is 15.7. The van der Waals surface area contributed by atoms with Gasteiger partial charge in [0.25, 0.3) is 0 Å². The van der Waals surface area contributed by atoms with Crippen molar-refractivity contribution in [3.05, 3.63) is 33.8 Å². The predicted molar refractivity (Wildman–Crippen MR) is 83.9 cm³/mol. The lowest BCUT2D eigenvalue weighted by atomic mass is 10.0. The van der Waals surface area contributed by atoms with Gasteiger partial charge in [0, 0.05) is 17.1 Å². The number of hydrogen-bond acceptors (Lipinski definition) is 1. The van der Waals surface area contributed by atoms with Crippen molar-refractivity contribution in [2.24, 2.45) is 0 Å². The molecule has 0 bridgehead atoms. The second-order valence-electron chi connectivity index (χ2n) is 5.09. The van der Waals surface area contributed by atoms with Crippen LogP contribution in [-0.4, -0.2) is 6.04 Å². The third-order valence-electron chi connectivity index (χ3n) is 3.36. The van der Waals surface area contributed by atoms with Crippen LogP contribution in [0.3, 0.4) is 0 Å². The first-order chi connectivity index (χ1) is 8.67. The molecule has 1 rings (SSSR count).